The van der Waals surface area contributed by atoms with E-state index < -0.39 is 12.0 Å². The Morgan fingerprint density at radius 3 is 2.32 bits per heavy atom. The van der Waals surface area contributed by atoms with Gasteiger partial charge in [-0.2, -0.15) is 0 Å². The lowest BCUT2D eigenvalue weighted by Gasteiger charge is -2.28. The summed E-state index contributed by atoms with van der Waals surface area (Å²) in [5, 5.41) is 0. The highest BCUT2D eigenvalue weighted by atomic mass is 16.5. The van der Waals surface area contributed by atoms with Crippen molar-refractivity contribution in [3.8, 4) is 0 Å². The molecule has 0 fully saturated rings. The molecule has 1 N–H and O–H groups in total. The Morgan fingerprint density at radius 1 is 1.11 bits per heavy atom. The smallest absolute Gasteiger partial charge is 0.354 e. The first-order valence-corrected chi connectivity index (χ1v) is 9.00. The number of nitrogens with zero attached hydrogens (tertiary/aromatic N) is 1. The van der Waals surface area contributed by atoms with Crippen LogP contribution in [0, 0.1) is 13.8 Å². The maximum absolute atomic E-state index is 13.2. The molecule has 0 bridgehead atoms. The third kappa shape index (κ3) is 4.31. The average molecular weight is 386 g/mol. The first-order chi connectivity index (χ1) is 13.3. The van der Waals surface area contributed by atoms with E-state index in [0.29, 0.717) is 29.0 Å². The van der Waals surface area contributed by atoms with Gasteiger partial charge in [0.1, 0.15) is 5.69 Å². The fourth-order valence-corrected chi connectivity index (χ4v) is 3.18. The Bertz CT molecular complexity index is 857. The van der Waals surface area contributed by atoms with Gasteiger partial charge in [-0.15, -0.1) is 0 Å². The summed E-state index contributed by atoms with van der Waals surface area (Å²) in [5.41, 5.74) is 2.22. The number of aromatic amines is 1. The molecule has 28 heavy (non-hydrogen) atoms. The molecule has 0 aliphatic carbocycles. The van der Waals surface area contributed by atoms with Gasteiger partial charge < -0.3 is 19.4 Å². The van der Waals surface area contributed by atoms with Crippen LogP contribution in [0.25, 0.3) is 0 Å². The number of ketones is 1. The molecule has 1 aromatic carbocycles. The predicted molar refractivity (Wildman–Crippen MR) is 105 cm³/mol. The number of amides is 1. The molecule has 0 saturated heterocycles. The number of benzene rings is 1. The van der Waals surface area contributed by atoms with Crippen molar-refractivity contribution in [2.75, 3.05) is 27.4 Å². The van der Waals surface area contributed by atoms with Crippen LogP contribution in [-0.4, -0.2) is 61.0 Å². The van der Waals surface area contributed by atoms with E-state index in [1.807, 2.05) is 6.07 Å². The predicted octanol–water partition coefficient (Wildman–Crippen LogP) is 2.78. The van der Waals surface area contributed by atoms with Crippen LogP contribution in [0.15, 0.2) is 30.3 Å². The summed E-state index contributed by atoms with van der Waals surface area (Å²) in [7, 11) is 2.83. The van der Waals surface area contributed by atoms with Crippen LogP contribution in [0.5, 0.6) is 0 Å². The maximum atomic E-state index is 13.2. The number of carbonyl (C=O) groups excluding carboxylic acids is 3. The van der Waals surface area contributed by atoms with Crippen LogP contribution in [0.1, 0.15) is 49.4 Å². The third-order valence-corrected chi connectivity index (χ3v) is 4.74. The van der Waals surface area contributed by atoms with Crippen molar-refractivity contribution in [1.29, 1.82) is 0 Å². The molecule has 7 heteroatoms. The third-order valence-electron chi connectivity index (χ3n) is 4.74. The van der Waals surface area contributed by atoms with E-state index >= 15 is 0 Å². The van der Waals surface area contributed by atoms with Gasteiger partial charge in [-0.25, -0.2) is 4.79 Å². The number of methoxy groups -OCH3 is 2. The fraction of sp³-hybridized carbons (Fsp3) is 0.381. The number of aromatic nitrogens is 1. The van der Waals surface area contributed by atoms with E-state index in [4.69, 9.17) is 9.47 Å². The summed E-state index contributed by atoms with van der Waals surface area (Å²) in [6, 6.07) is 8.06. The molecule has 1 amide bonds. The molecular weight excluding hydrogens is 360 g/mol. The molecule has 7 nitrogen and oxygen atoms in total. The van der Waals surface area contributed by atoms with Crippen LogP contribution in [0.4, 0.5) is 0 Å². The van der Waals surface area contributed by atoms with E-state index in [2.05, 4.69) is 4.98 Å². The van der Waals surface area contributed by atoms with Crippen LogP contribution >= 0.6 is 0 Å². The van der Waals surface area contributed by atoms with Crippen molar-refractivity contribution in [1.82, 2.24) is 9.88 Å². The van der Waals surface area contributed by atoms with Crippen LogP contribution in [0.2, 0.25) is 0 Å². The largest absolute Gasteiger partial charge is 0.464 e. The minimum atomic E-state index is -0.735. The summed E-state index contributed by atoms with van der Waals surface area (Å²) in [6.07, 6.45) is 0. The van der Waals surface area contributed by atoms with Gasteiger partial charge >= 0.3 is 5.97 Å². The van der Waals surface area contributed by atoms with E-state index in [9.17, 15) is 14.4 Å². The molecule has 2 rings (SSSR count). The molecule has 1 aromatic heterocycles. The van der Waals surface area contributed by atoms with Crippen molar-refractivity contribution in [2.24, 2.45) is 0 Å². The summed E-state index contributed by atoms with van der Waals surface area (Å²) < 4.78 is 9.88. The minimum absolute atomic E-state index is 0.244. The van der Waals surface area contributed by atoms with Gasteiger partial charge in [0.15, 0.2) is 5.78 Å². The maximum Gasteiger partial charge on any atom is 0.354 e. The second-order valence-corrected chi connectivity index (χ2v) is 6.51. The lowest BCUT2D eigenvalue weighted by atomic mass is 9.99. The number of H-pyrrole nitrogens is 1. The number of esters is 1. The van der Waals surface area contributed by atoms with Crippen molar-refractivity contribution < 1.29 is 23.9 Å². The average Bonchev–Trinajstić information content (AvgIpc) is 3.01. The quantitative estimate of drug-likeness (QED) is 0.557. The van der Waals surface area contributed by atoms with Crippen LogP contribution in [-0.2, 0) is 9.47 Å². The van der Waals surface area contributed by atoms with Crippen molar-refractivity contribution in [3.05, 3.63) is 58.4 Å². The number of ether oxygens (including phenoxy) is 2. The molecule has 0 spiro atoms. The second-order valence-electron chi connectivity index (χ2n) is 6.51. The standard InChI is InChI=1S/C21H26N2O5/c1-13-17(14(2)22-18(13)21(26)28-5)19(24)15(3)23(11-12-27-4)20(25)16-9-7-6-8-10-16/h6-10,15,22H,11-12H2,1-5H3. The first kappa shape index (κ1) is 21.4. The number of aryl methyl sites for hydroxylation is 1. The number of Topliss-reactive ketones (excluding diaryl/α,β-unsaturated/α-hetero) is 1. The summed E-state index contributed by atoms with van der Waals surface area (Å²) in [5.74, 6) is -1.04. The molecular formula is C21H26N2O5. The molecule has 0 radical (unpaired) electrons. The fourth-order valence-electron chi connectivity index (χ4n) is 3.18. The van der Waals surface area contributed by atoms with Gasteiger partial charge in [0.2, 0.25) is 0 Å². The van der Waals surface area contributed by atoms with Gasteiger partial charge in [-0.1, -0.05) is 18.2 Å². The van der Waals surface area contributed by atoms with Crippen molar-refractivity contribution in [3.63, 3.8) is 0 Å². The number of hydrogen-bond donors (Lipinski definition) is 1. The lowest BCUT2D eigenvalue weighted by molar-refractivity contribution is 0.0563. The van der Waals surface area contributed by atoms with Crippen molar-refractivity contribution >= 4 is 17.7 Å². The number of nitrogens with one attached hydrogen (secondary N) is 1. The highest BCUT2D eigenvalue weighted by Crippen LogP contribution is 2.22. The Labute approximate surface area is 164 Å². The topological polar surface area (TPSA) is 88.7 Å². The van der Waals surface area contributed by atoms with Gasteiger partial charge in [0, 0.05) is 30.5 Å². The molecule has 150 valence electrons. The Balaban J connectivity index is 2.38. The van der Waals surface area contributed by atoms with Gasteiger partial charge in [0.05, 0.1) is 19.8 Å². The number of carbonyl (C=O) groups is 3. The Hall–Kier alpha value is -2.93. The van der Waals surface area contributed by atoms with Gasteiger partial charge in [0.25, 0.3) is 5.91 Å². The molecule has 0 aliphatic heterocycles. The van der Waals surface area contributed by atoms with Gasteiger partial charge in [-0.05, 0) is 38.5 Å². The molecule has 1 atom stereocenters. The van der Waals surface area contributed by atoms with Crippen molar-refractivity contribution in [2.45, 2.75) is 26.8 Å². The lowest BCUT2D eigenvalue weighted by Crippen LogP contribution is -2.45. The summed E-state index contributed by atoms with van der Waals surface area (Å²) >= 11 is 0. The highest BCUT2D eigenvalue weighted by Gasteiger charge is 2.31. The van der Waals surface area contributed by atoms with E-state index in [0.717, 1.165) is 0 Å². The van der Waals surface area contributed by atoms with Gasteiger partial charge in [-0.3, -0.25) is 9.59 Å². The Morgan fingerprint density at radius 2 is 1.75 bits per heavy atom. The Kier molecular flexibility index (Phi) is 7.12. The van der Waals surface area contributed by atoms with Crippen LogP contribution < -0.4 is 0 Å². The zero-order valence-corrected chi connectivity index (χ0v) is 16.9. The zero-order chi connectivity index (χ0) is 20.8. The second kappa shape index (κ2) is 9.32. The molecule has 2 aromatic rings. The van der Waals surface area contributed by atoms with E-state index in [1.54, 1.807) is 52.1 Å². The monoisotopic (exact) mass is 386 g/mol. The number of hydrogen-bond acceptors (Lipinski definition) is 5. The number of rotatable bonds is 8. The van der Waals surface area contributed by atoms with E-state index in [-0.39, 0.29) is 23.9 Å². The minimum Gasteiger partial charge on any atom is -0.464 e. The zero-order valence-electron chi connectivity index (χ0n) is 16.9. The summed E-state index contributed by atoms with van der Waals surface area (Å²) in [4.78, 5) is 42.6. The normalized spacial score (nSPS) is 11.8. The first-order valence-electron chi connectivity index (χ1n) is 9.00. The molecule has 1 heterocycles. The summed E-state index contributed by atoms with van der Waals surface area (Å²) in [6.45, 7) is 5.66. The van der Waals surface area contributed by atoms with Crippen LogP contribution in [0.3, 0.4) is 0 Å². The molecule has 0 aliphatic rings. The van der Waals surface area contributed by atoms with E-state index in [1.165, 1.54) is 12.0 Å². The molecule has 1 unspecified atom stereocenters. The SMILES string of the molecule is COCCN(C(=O)c1ccccc1)C(C)C(=O)c1c(C)[nH]c(C(=O)OC)c1C. The molecule has 0 saturated carbocycles. The highest BCUT2D eigenvalue weighted by molar-refractivity contribution is 6.07.